The second-order valence-electron chi connectivity index (χ2n) is 8.35. The van der Waals surface area contributed by atoms with Crippen molar-refractivity contribution in [1.82, 2.24) is 9.88 Å². The van der Waals surface area contributed by atoms with Gasteiger partial charge in [-0.05, 0) is 47.9 Å². The number of nitrogens with zero attached hydrogens (tertiary/aromatic N) is 2. The number of amides is 1. The summed E-state index contributed by atoms with van der Waals surface area (Å²) in [4.78, 5) is 32.4. The molecule has 4 aromatic rings. The van der Waals surface area contributed by atoms with Gasteiger partial charge in [0.15, 0.2) is 11.5 Å². The van der Waals surface area contributed by atoms with Crippen LogP contribution in [0, 0.1) is 0 Å². The van der Waals surface area contributed by atoms with Crippen LogP contribution < -0.4 is 4.74 Å². The van der Waals surface area contributed by atoms with Crippen LogP contribution in [0.15, 0.2) is 94.9 Å². The summed E-state index contributed by atoms with van der Waals surface area (Å²) in [5.74, 6) is -0.967. The predicted molar refractivity (Wildman–Crippen MR) is 130 cm³/mol. The molecule has 1 aliphatic rings. The number of para-hydroxylation sites is 1. The first-order valence-electron chi connectivity index (χ1n) is 11.5. The maximum Gasteiger partial charge on any atom is 0.290 e. The summed E-state index contributed by atoms with van der Waals surface area (Å²) in [5, 5.41) is 11.7. The molecule has 5 rings (SSSR count). The first kappa shape index (κ1) is 22.4. The van der Waals surface area contributed by atoms with E-state index in [1.54, 1.807) is 42.7 Å². The summed E-state index contributed by atoms with van der Waals surface area (Å²) >= 11 is 0. The minimum atomic E-state index is -0.802. The Kier molecular flexibility index (Phi) is 6.06. The zero-order valence-corrected chi connectivity index (χ0v) is 19.2. The number of fused-ring (bicyclic) bond motifs is 1. The fourth-order valence-electron chi connectivity index (χ4n) is 4.28. The number of hydrogen-bond acceptors (Lipinski definition) is 6. The van der Waals surface area contributed by atoms with E-state index in [-0.39, 0.29) is 17.9 Å². The van der Waals surface area contributed by atoms with Gasteiger partial charge < -0.3 is 19.2 Å². The van der Waals surface area contributed by atoms with Crippen molar-refractivity contribution >= 4 is 22.7 Å². The van der Waals surface area contributed by atoms with Crippen molar-refractivity contribution in [2.75, 3.05) is 6.61 Å². The lowest BCUT2D eigenvalue weighted by Gasteiger charge is -2.26. The molecule has 1 N–H and O–H groups in total. The van der Waals surface area contributed by atoms with Gasteiger partial charge in [-0.1, -0.05) is 43.3 Å². The maximum atomic E-state index is 13.6. The molecule has 1 unspecified atom stereocenters. The molecule has 0 radical (unpaired) electrons. The highest BCUT2D eigenvalue weighted by Crippen LogP contribution is 2.40. The van der Waals surface area contributed by atoms with Crippen molar-refractivity contribution in [3.63, 3.8) is 0 Å². The number of Topliss-reactive ketones (excluding diaryl/α,β-unsaturated/α-hetero) is 1. The third kappa shape index (κ3) is 4.28. The van der Waals surface area contributed by atoms with E-state index in [1.165, 1.54) is 4.90 Å². The lowest BCUT2D eigenvalue weighted by molar-refractivity contribution is -0.130. The van der Waals surface area contributed by atoms with Crippen LogP contribution >= 0.6 is 0 Å². The Morgan fingerprint density at radius 2 is 1.91 bits per heavy atom. The molecule has 0 fully saturated rings. The molecule has 1 amide bonds. The molecule has 7 heteroatoms. The Morgan fingerprint density at radius 3 is 2.63 bits per heavy atom. The van der Waals surface area contributed by atoms with E-state index in [0.29, 0.717) is 23.5 Å². The SMILES string of the molecule is CCCOc1ccc(C2C(C(=O)c3cc4ccccc4o3)=C(O)C(=O)N2Cc2cccnc2)cc1. The number of rotatable bonds is 8. The van der Waals surface area contributed by atoms with E-state index in [9.17, 15) is 14.7 Å². The zero-order chi connectivity index (χ0) is 24.4. The molecular formula is C28H24N2O5. The van der Waals surface area contributed by atoms with Crippen molar-refractivity contribution in [2.24, 2.45) is 0 Å². The average Bonchev–Trinajstić information content (AvgIpc) is 3.43. The summed E-state index contributed by atoms with van der Waals surface area (Å²) < 4.78 is 11.5. The monoisotopic (exact) mass is 468 g/mol. The molecule has 0 spiro atoms. The standard InChI is InChI=1S/C28H24N2O5/c1-2-14-34-21-11-9-19(10-12-21)25-24(26(31)23-15-20-7-3-4-8-22(20)35-23)27(32)28(33)30(25)17-18-6-5-13-29-16-18/h3-13,15-16,25,32H,2,14,17H2,1H3. The Bertz CT molecular complexity index is 1370. The molecule has 2 aromatic carbocycles. The minimum absolute atomic E-state index is 0.0137. The van der Waals surface area contributed by atoms with Gasteiger partial charge >= 0.3 is 0 Å². The molecule has 0 saturated heterocycles. The molecule has 1 aliphatic heterocycles. The summed E-state index contributed by atoms with van der Waals surface area (Å²) in [6.45, 7) is 2.79. The summed E-state index contributed by atoms with van der Waals surface area (Å²) in [6.07, 6.45) is 4.18. The van der Waals surface area contributed by atoms with Crippen LogP contribution in [0.1, 0.15) is 41.1 Å². The van der Waals surface area contributed by atoms with E-state index >= 15 is 0 Å². The van der Waals surface area contributed by atoms with Crippen molar-refractivity contribution < 1.29 is 23.8 Å². The highest BCUT2D eigenvalue weighted by atomic mass is 16.5. The number of pyridine rings is 1. The number of carbonyl (C=O) groups excluding carboxylic acids is 2. The number of ether oxygens (including phenoxy) is 1. The van der Waals surface area contributed by atoms with Gasteiger partial charge in [0.05, 0.1) is 18.2 Å². The normalized spacial score (nSPS) is 15.7. The predicted octanol–water partition coefficient (Wildman–Crippen LogP) is 5.40. The van der Waals surface area contributed by atoms with Crippen molar-refractivity contribution in [3.05, 3.63) is 107 Å². The van der Waals surface area contributed by atoms with Crippen LogP contribution in [0.2, 0.25) is 0 Å². The highest BCUT2D eigenvalue weighted by molar-refractivity contribution is 6.16. The maximum absolute atomic E-state index is 13.6. The lowest BCUT2D eigenvalue weighted by atomic mass is 9.94. The zero-order valence-electron chi connectivity index (χ0n) is 19.2. The molecule has 0 aliphatic carbocycles. The molecular weight excluding hydrogens is 444 g/mol. The van der Waals surface area contributed by atoms with Gasteiger partial charge in [-0.25, -0.2) is 0 Å². The molecule has 1 atom stereocenters. The lowest BCUT2D eigenvalue weighted by Crippen LogP contribution is -2.30. The Hall–Kier alpha value is -4.39. The molecule has 2 aromatic heterocycles. The summed E-state index contributed by atoms with van der Waals surface area (Å²) in [6, 6.07) is 18.9. The smallest absolute Gasteiger partial charge is 0.290 e. The summed E-state index contributed by atoms with van der Waals surface area (Å²) in [7, 11) is 0. The fraction of sp³-hybridized carbons (Fsp3) is 0.179. The van der Waals surface area contributed by atoms with Gasteiger partial charge in [0, 0.05) is 24.3 Å². The summed E-state index contributed by atoms with van der Waals surface area (Å²) in [5.41, 5.74) is 2.00. The number of aromatic nitrogens is 1. The van der Waals surface area contributed by atoms with E-state index in [4.69, 9.17) is 9.15 Å². The van der Waals surface area contributed by atoms with Crippen molar-refractivity contribution in [2.45, 2.75) is 25.9 Å². The van der Waals surface area contributed by atoms with Crippen LogP contribution in [-0.4, -0.2) is 33.3 Å². The molecule has 7 nitrogen and oxygen atoms in total. The highest BCUT2D eigenvalue weighted by Gasteiger charge is 2.44. The third-order valence-corrected chi connectivity index (χ3v) is 5.94. The Balaban J connectivity index is 1.56. The number of ketones is 1. The van der Waals surface area contributed by atoms with E-state index in [0.717, 1.165) is 17.4 Å². The van der Waals surface area contributed by atoms with E-state index in [1.807, 2.05) is 43.3 Å². The molecule has 176 valence electrons. The third-order valence-electron chi connectivity index (χ3n) is 5.94. The van der Waals surface area contributed by atoms with Crippen LogP contribution in [0.5, 0.6) is 5.75 Å². The van der Waals surface area contributed by atoms with Gasteiger partial charge in [0.25, 0.3) is 5.91 Å². The number of aliphatic hydroxyl groups excluding tert-OH is 1. The first-order chi connectivity index (χ1) is 17.1. The molecule has 35 heavy (non-hydrogen) atoms. The molecule has 0 saturated carbocycles. The van der Waals surface area contributed by atoms with Crippen LogP contribution in [0.25, 0.3) is 11.0 Å². The topological polar surface area (TPSA) is 92.9 Å². The van der Waals surface area contributed by atoms with Crippen molar-refractivity contribution in [3.8, 4) is 5.75 Å². The molecule has 0 bridgehead atoms. The quantitative estimate of drug-likeness (QED) is 0.348. The van der Waals surface area contributed by atoms with Gasteiger partial charge in [-0.2, -0.15) is 0 Å². The van der Waals surface area contributed by atoms with Gasteiger partial charge in [0.2, 0.25) is 5.78 Å². The second-order valence-corrected chi connectivity index (χ2v) is 8.35. The number of benzene rings is 2. The van der Waals surface area contributed by atoms with Crippen molar-refractivity contribution in [1.29, 1.82) is 0 Å². The number of aliphatic hydroxyl groups is 1. The number of carbonyl (C=O) groups is 2. The minimum Gasteiger partial charge on any atom is -0.503 e. The fourth-order valence-corrected chi connectivity index (χ4v) is 4.28. The average molecular weight is 469 g/mol. The Labute approximate surface area is 202 Å². The molecule has 3 heterocycles. The van der Waals surface area contributed by atoms with Gasteiger partial charge in [-0.15, -0.1) is 0 Å². The largest absolute Gasteiger partial charge is 0.503 e. The number of furan rings is 1. The van der Waals surface area contributed by atoms with E-state index < -0.39 is 23.5 Å². The van der Waals surface area contributed by atoms with Crippen LogP contribution in [0.4, 0.5) is 0 Å². The van der Waals surface area contributed by atoms with Crippen LogP contribution in [-0.2, 0) is 11.3 Å². The Morgan fingerprint density at radius 1 is 1.11 bits per heavy atom. The van der Waals surface area contributed by atoms with Gasteiger partial charge in [0.1, 0.15) is 11.3 Å². The van der Waals surface area contributed by atoms with Crippen LogP contribution in [0.3, 0.4) is 0 Å². The van der Waals surface area contributed by atoms with Gasteiger partial charge in [-0.3, -0.25) is 14.6 Å². The first-order valence-corrected chi connectivity index (χ1v) is 11.5. The number of hydrogen-bond donors (Lipinski definition) is 1. The second kappa shape index (κ2) is 9.46. The van der Waals surface area contributed by atoms with E-state index in [2.05, 4.69) is 4.98 Å².